The number of carbonyl (C=O) groups is 1. The Balaban J connectivity index is 1.70. The smallest absolute Gasteiger partial charge is 0.308 e. The average molecular weight is 251 g/mol. The van der Waals surface area contributed by atoms with Crippen molar-refractivity contribution in [2.45, 2.75) is 76.4 Å². The summed E-state index contributed by atoms with van der Waals surface area (Å²) in [4.78, 5) is 13.9. The van der Waals surface area contributed by atoms with E-state index in [0.717, 1.165) is 18.8 Å². The van der Waals surface area contributed by atoms with E-state index in [1.807, 2.05) is 0 Å². The predicted octanol–water partition coefficient (Wildman–Crippen LogP) is 2.89. The van der Waals surface area contributed by atoms with E-state index in [4.69, 9.17) is 0 Å². The summed E-state index contributed by atoms with van der Waals surface area (Å²) in [5, 5.41) is 9.32. The Morgan fingerprint density at radius 1 is 1.17 bits per heavy atom. The Morgan fingerprint density at radius 2 is 1.89 bits per heavy atom. The first-order valence-corrected chi connectivity index (χ1v) is 7.68. The van der Waals surface area contributed by atoms with Crippen LogP contribution >= 0.6 is 0 Å². The fourth-order valence-corrected chi connectivity index (χ4v) is 4.79. The zero-order valence-corrected chi connectivity index (χ0v) is 11.3. The van der Waals surface area contributed by atoms with Crippen molar-refractivity contribution < 1.29 is 9.90 Å². The summed E-state index contributed by atoms with van der Waals surface area (Å²) in [6.45, 7) is 2.35. The molecule has 2 heterocycles. The van der Waals surface area contributed by atoms with Crippen molar-refractivity contribution in [2.75, 3.05) is 0 Å². The maximum absolute atomic E-state index is 11.3. The van der Waals surface area contributed by atoms with Gasteiger partial charge in [-0.1, -0.05) is 19.3 Å². The van der Waals surface area contributed by atoms with Gasteiger partial charge in [0.05, 0.1) is 5.92 Å². The molecule has 102 valence electrons. The van der Waals surface area contributed by atoms with Gasteiger partial charge in [-0.05, 0) is 44.9 Å². The van der Waals surface area contributed by atoms with Gasteiger partial charge < -0.3 is 5.11 Å². The molecule has 0 radical (unpaired) electrons. The number of hydrogen-bond acceptors (Lipinski definition) is 2. The van der Waals surface area contributed by atoms with Gasteiger partial charge in [-0.25, -0.2) is 0 Å². The second-order valence-electron chi connectivity index (χ2n) is 6.56. The number of rotatable bonds is 3. The topological polar surface area (TPSA) is 40.5 Å². The van der Waals surface area contributed by atoms with Crippen LogP contribution in [0.2, 0.25) is 0 Å². The molecular formula is C15H25NO2. The first-order chi connectivity index (χ1) is 8.68. The molecule has 4 atom stereocenters. The molecule has 1 saturated carbocycles. The fraction of sp³-hybridized carbons (Fsp3) is 0.933. The van der Waals surface area contributed by atoms with Crippen LogP contribution in [0.15, 0.2) is 0 Å². The molecule has 0 amide bonds. The van der Waals surface area contributed by atoms with Crippen LogP contribution in [0.4, 0.5) is 0 Å². The summed E-state index contributed by atoms with van der Waals surface area (Å²) in [7, 11) is 0. The molecular weight excluding hydrogens is 226 g/mol. The van der Waals surface area contributed by atoms with Crippen LogP contribution in [0.3, 0.4) is 0 Å². The van der Waals surface area contributed by atoms with Crippen LogP contribution in [0.5, 0.6) is 0 Å². The monoisotopic (exact) mass is 251 g/mol. The molecule has 0 aromatic rings. The van der Waals surface area contributed by atoms with Crippen molar-refractivity contribution in [3.8, 4) is 0 Å². The lowest BCUT2D eigenvalue weighted by atomic mass is 9.83. The van der Waals surface area contributed by atoms with Gasteiger partial charge in [-0.2, -0.15) is 0 Å². The molecule has 3 nitrogen and oxygen atoms in total. The molecule has 3 aliphatic rings. The van der Waals surface area contributed by atoms with E-state index in [9.17, 15) is 9.90 Å². The first kappa shape index (κ1) is 12.5. The number of aliphatic carboxylic acids is 1. The normalized spacial score (nSPS) is 39.1. The third-order valence-electron chi connectivity index (χ3n) is 5.71. The second kappa shape index (κ2) is 4.84. The van der Waals surface area contributed by atoms with Crippen LogP contribution in [0, 0.1) is 11.8 Å². The Hall–Kier alpha value is -0.570. The minimum absolute atomic E-state index is 0.0882. The zero-order chi connectivity index (χ0) is 12.7. The van der Waals surface area contributed by atoms with E-state index in [-0.39, 0.29) is 5.92 Å². The van der Waals surface area contributed by atoms with Crippen molar-refractivity contribution in [2.24, 2.45) is 11.8 Å². The van der Waals surface area contributed by atoms with Crippen LogP contribution in [-0.2, 0) is 4.79 Å². The zero-order valence-electron chi connectivity index (χ0n) is 11.3. The van der Waals surface area contributed by atoms with E-state index in [0.29, 0.717) is 18.1 Å². The number of carboxylic acid groups (broad SMARTS) is 1. The molecule has 2 aliphatic heterocycles. The maximum atomic E-state index is 11.3. The van der Waals surface area contributed by atoms with Crippen LogP contribution in [0.1, 0.15) is 58.3 Å². The Kier molecular flexibility index (Phi) is 3.35. The highest BCUT2D eigenvalue weighted by atomic mass is 16.4. The summed E-state index contributed by atoms with van der Waals surface area (Å²) in [6.07, 6.45) is 10.1. The highest BCUT2D eigenvalue weighted by molar-refractivity contribution is 5.71. The van der Waals surface area contributed by atoms with E-state index in [2.05, 4.69) is 11.8 Å². The molecule has 3 heteroatoms. The molecule has 2 saturated heterocycles. The number of nitrogens with zero attached hydrogens (tertiary/aromatic N) is 1. The van der Waals surface area contributed by atoms with Crippen molar-refractivity contribution in [1.82, 2.24) is 4.90 Å². The Bertz CT molecular complexity index is 324. The second-order valence-corrected chi connectivity index (χ2v) is 6.56. The van der Waals surface area contributed by atoms with Crippen molar-refractivity contribution >= 4 is 5.97 Å². The molecule has 2 bridgehead atoms. The van der Waals surface area contributed by atoms with Crippen molar-refractivity contribution in [3.05, 3.63) is 0 Å². The molecule has 3 rings (SSSR count). The highest BCUT2D eigenvalue weighted by Crippen LogP contribution is 2.45. The lowest BCUT2D eigenvalue weighted by Crippen LogP contribution is -2.43. The van der Waals surface area contributed by atoms with Gasteiger partial charge in [-0.3, -0.25) is 9.69 Å². The Labute approximate surface area is 110 Å². The summed E-state index contributed by atoms with van der Waals surface area (Å²) < 4.78 is 0. The minimum Gasteiger partial charge on any atom is -0.481 e. The fourth-order valence-electron chi connectivity index (χ4n) is 4.79. The van der Waals surface area contributed by atoms with Gasteiger partial charge in [0, 0.05) is 18.1 Å². The number of fused-ring (bicyclic) bond motifs is 2. The van der Waals surface area contributed by atoms with Gasteiger partial charge in [0.2, 0.25) is 0 Å². The molecule has 0 aromatic carbocycles. The van der Waals surface area contributed by atoms with Crippen LogP contribution in [0.25, 0.3) is 0 Å². The van der Waals surface area contributed by atoms with Crippen LogP contribution < -0.4 is 0 Å². The molecule has 18 heavy (non-hydrogen) atoms. The third-order valence-corrected chi connectivity index (χ3v) is 5.71. The molecule has 0 aromatic heterocycles. The largest absolute Gasteiger partial charge is 0.481 e. The molecule has 1 N–H and O–H groups in total. The van der Waals surface area contributed by atoms with Gasteiger partial charge in [0.15, 0.2) is 0 Å². The van der Waals surface area contributed by atoms with Crippen molar-refractivity contribution in [1.29, 1.82) is 0 Å². The average Bonchev–Trinajstić information content (AvgIpc) is 2.96. The van der Waals surface area contributed by atoms with Crippen molar-refractivity contribution in [3.63, 3.8) is 0 Å². The summed E-state index contributed by atoms with van der Waals surface area (Å²) in [6, 6.07) is 1.50. The van der Waals surface area contributed by atoms with Gasteiger partial charge in [-0.15, -0.1) is 0 Å². The number of carboxylic acids is 1. The predicted molar refractivity (Wildman–Crippen MR) is 70.4 cm³/mol. The first-order valence-electron chi connectivity index (χ1n) is 7.68. The van der Waals surface area contributed by atoms with E-state index < -0.39 is 5.97 Å². The van der Waals surface area contributed by atoms with Gasteiger partial charge >= 0.3 is 5.97 Å². The van der Waals surface area contributed by atoms with Gasteiger partial charge in [0.25, 0.3) is 0 Å². The highest BCUT2D eigenvalue weighted by Gasteiger charge is 2.51. The Morgan fingerprint density at radius 3 is 2.50 bits per heavy atom. The summed E-state index contributed by atoms with van der Waals surface area (Å²) in [5.74, 6) is 0.159. The molecule has 3 fully saturated rings. The number of hydrogen-bond donors (Lipinski definition) is 1. The quantitative estimate of drug-likeness (QED) is 0.838. The summed E-state index contributed by atoms with van der Waals surface area (Å²) in [5.41, 5.74) is 0. The SMILES string of the molecule is CC(C1CCCCC1)N1C2CCC1C(C(=O)O)C2. The van der Waals surface area contributed by atoms with Crippen LogP contribution in [-0.4, -0.2) is 34.1 Å². The third kappa shape index (κ3) is 1.97. The van der Waals surface area contributed by atoms with E-state index in [1.54, 1.807) is 0 Å². The maximum Gasteiger partial charge on any atom is 0.308 e. The lowest BCUT2D eigenvalue weighted by Gasteiger charge is -2.37. The molecule has 4 unspecified atom stereocenters. The minimum atomic E-state index is -0.567. The lowest BCUT2D eigenvalue weighted by molar-refractivity contribution is -0.142. The summed E-state index contributed by atoms with van der Waals surface area (Å²) >= 11 is 0. The van der Waals surface area contributed by atoms with Gasteiger partial charge in [0.1, 0.15) is 0 Å². The standard InChI is InChI=1S/C15H25NO2/c1-10(11-5-3-2-4-6-11)16-12-7-8-14(16)13(9-12)15(17)18/h10-14H,2-9H2,1H3,(H,17,18). The van der Waals surface area contributed by atoms with E-state index >= 15 is 0 Å². The van der Waals surface area contributed by atoms with E-state index in [1.165, 1.54) is 38.5 Å². The molecule has 0 spiro atoms. The molecule has 1 aliphatic carbocycles.